The highest BCUT2D eigenvalue weighted by molar-refractivity contribution is 6.34. The minimum absolute atomic E-state index is 0.248. The largest absolute Gasteiger partial charge is 0.386 e. The molecule has 0 spiro atoms. The van der Waals surface area contributed by atoms with Crippen LogP contribution in [0.3, 0.4) is 0 Å². The van der Waals surface area contributed by atoms with Crippen molar-refractivity contribution < 1.29 is 5.11 Å². The molecule has 0 aliphatic carbocycles. The summed E-state index contributed by atoms with van der Waals surface area (Å²) in [6.45, 7) is 6.03. The average molecular weight is 332 g/mol. The van der Waals surface area contributed by atoms with Crippen LogP contribution in [0, 0.1) is 0 Å². The molecule has 0 heterocycles. The number of hydrogen-bond donors (Lipinski definition) is 3. The molecule has 1 atom stereocenters. The average Bonchev–Trinajstić information content (AvgIpc) is 2.43. The van der Waals surface area contributed by atoms with Crippen LogP contribution in [0.25, 0.3) is 0 Å². The van der Waals surface area contributed by atoms with E-state index >= 15 is 0 Å². The fourth-order valence-electron chi connectivity index (χ4n) is 1.78. The van der Waals surface area contributed by atoms with Crippen molar-refractivity contribution in [2.75, 3.05) is 19.6 Å². The predicted octanol–water partition coefficient (Wildman–Crippen LogP) is 3.38. The summed E-state index contributed by atoms with van der Waals surface area (Å²) in [6, 6.07) is 5.04. The van der Waals surface area contributed by atoms with Crippen molar-refractivity contribution in [1.82, 2.24) is 10.6 Å². The van der Waals surface area contributed by atoms with Gasteiger partial charge in [0.05, 0.1) is 12.6 Å². The maximum absolute atomic E-state index is 10.2. The van der Waals surface area contributed by atoms with Gasteiger partial charge in [-0.05, 0) is 37.1 Å². The second-order valence-corrected chi connectivity index (χ2v) is 5.59. The minimum atomic E-state index is -0.733. The van der Waals surface area contributed by atoms with Crippen molar-refractivity contribution in [2.24, 2.45) is 4.99 Å². The van der Waals surface area contributed by atoms with E-state index in [0.717, 1.165) is 25.9 Å². The summed E-state index contributed by atoms with van der Waals surface area (Å²) >= 11 is 11.9. The van der Waals surface area contributed by atoms with E-state index in [0.29, 0.717) is 21.6 Å². The van der Waals surface area contributed by atoms with Crippen molar-refractivity contribution in [3.8, 4) is 0 Å². The molecule has 0 aromatic heterocycles. The molecule has 118 valence electrons. The zero-order valence-electron chi connectivity index (χ0n) is 12.5. The Balaban J connectivity index is 2.64. The van der Waals surface area contributed by atoms with Crippen LogP contribution in [-0.4, -0.2) is 30.7 Å². The second kappa shape index (κ2) is 9.87. The monoisotopic (exact) mass is 331 g/mol. The molecule has 4 nitrogen and oxygen atoms in total. The smallest absolute Gasteiger partial charge is 0.191 e. The van der Waals surface area contributed by atoms with Crippen molar-refractivity contribution in [3.63, 3.8) is 0 Å². The molecule has 0 aliphatic rings. The third-order valence-electron chi connectivity index (χ3n) is 2.86. The molecule has 6 heteroatoms. The van der Waals surface area contributed by atoms with Gasteiger partial charge in [0, 0.05) is 23.1 Å². The molecule has 1 aromatic rings. The Morgan fingerprint density at radius 1 is 1.19 bits per heavy atom. The Bertz CT molecular complexity index is 446. The summed E-state index contributed by atoms with van der Waals surface area (Å²) in [4.78, 5) is 4.38. The van der Waals surface area contributed by atoms with Crippen molar-refractivity contribution in [3.05, 3.63) is 33.8 Å². The topological polar surface area (TPSA) is 56.7 Å². The Labute approximate surface area is 136 Å². The molecule has 0 amide bonds. The fourth-order valence-corrected chi connectivity index (χ4v) is 2.32. The van der Waals surface area contributed by atoms with Crippen LogP contribution < -0.4 is 10.6 Å². The number of rotatable bonds is 7. The third-order valence-corrected chi connectivity index (χ3v) is 3.30. The van der Waals surface area contributed by atoms with Crippen LogP contribution >= 0.6 is 23.2 Å². The molecule has 1 aromatic carbocycles. The standard InChI is InChI=1S/C15H23Cl2N3O/c1-3-5-6-19-15(18-4-2)20-10-14(21)11-7-12(16)9-13(17)8-11/h7-9,14,21H,3-6,10H2,1-2H3,(H2,18,19,20). The normalized spacial score (nSPS) is 13.1. The lowest BCUT2D eigenvalue weighted by Crippen LogP contribution is -2.38. The summed E-state index contributed by atoms with van der Waals surface area (Å²) in [6.07, 6.45) is 1.47. The van der Waals surface area contributed by atoms with Crippen molar-refractivity contribution >= 4 is 29.2 Å². The van der Waals surface area contributed by atoms with Crippen LogP contribution in [0.15, 0.2) is 23.2 Å². The lowest BCUT2D eigenvalue weighted by atomic mass is 10.1. The predicted molar refractivity (Wildman–Crippen MR) is 90.3 cm³/mol. The molecule has 0 fully saturated rings. The highest BCUT2D eigenvalue weighted by atomic mass is 35.5. The number of nitrogens with zero attached hydrogens (tertiary/aromatic N) is 1. The lowest BCUT2D eigenvalue weighted by molar-refractivity contribution is 0.187. The lowest BCUT2D eigenvalue weighted by Gasteiger charge is -2.13. The molecule has 0 saturated heterocycles. The molecule has 3 N–H and O–H groups in total. The van der Waals surface area contributed by atoms with E-state index in [9.17, 15) is 5.11 Å². The quantitative estimate of drug-likeness (QED) is 0.408. The first-order valence-corrected chi connectivity index (χ1v) is 7.98. The van der Waals surface area contributed by atoms with E-state index in [1.54, 1.807) is 18.2 Å². The molecule has 0 bridgehead atoms. The maximum Gasteiger partial charge on any atom is 0.191 e. The Kier molecular flexibility index (Phi) is 8.50. The zero-order chi connectivity index (χ0) is 15.7. The first kappa shape index (κ1) is 18.1. The Morgan fingerprint density at radius 3 is 2.43 bits per heavy atom. The van der Waals surface area contributed by atoms with E-state index in [-0.39, 0.29) is 6.54 Å². The van der Waals surface area contributed by atoms with Gasteiger partial charge in [0.2, 0.25) is 0 Å². The number of guanidine groups is 1. The van der Waals surface area contributed by atoms with E-state index in [1.807, 2.05) is 6.92 Å². The molecule has 0 aliphatic heterocycles. The molecule has 1 unspecified atom stereocenters. The van der Waals surface area contributed by atoms with Gasteiger partial charge in [-0.15, -0.1) is 0 Å². The van der Waals surface area contributed by atoms with Crippen LogP contribution in [0.2, 0.25) is 10.0 Å². The number of unbranched alkanes of at least 4 members (excludes halogenated alkanes) is 1. The fraction of sp³-hybridized carbons (Fsp3) is 0.533. The van der Waals surface area contributed by atoms with Gasteiger partial charge in [-0.25, -0.2) is 0 Å². The van der Waals surface area contributed by atoms with Gasteiger partial charge < -0.3 is 15.7 Å². The van der Waals surface area contributed by atoms with E-state index < -0.39 is 6.10 Å². The third kappa shape index (κ3) is 7.02. The summed E-state index contributed by atoms with van der Waals surface area (Å²) in [5.41, 5.74) is 0.667. The molecule has 1 rings (SSSR count). The molecular formula is C15H23Cl2N3O. The second-order valence-electron chi connectivity index (χ2n) is 4.72. The minimum Gasteiger partial charge on any atom is -0.386 e. The van der Waals surface area contributed by atoms with Gasteiger partial charge in [0.1, 0.15) is 0 Å². The van der Waals surface area contributed by atoms with Crippen molar-refractivity contribution in [2.45, 2.75) is 32.8 Å². The number of aliphatic hydroxyl groups is 1. The van der Waals surface area contributed by atoms with Gasteiger partial charge in [-0.1, -0.05) is 36.5 Å². The summed E-state index contributed by atoms with van der Waals surface area (Å²) in [5.74, 6) is 0.707. The Morgan fingerprint density at radius 2 is 1.86 bits per heavy atom. The van der Waals surface area contributed by atoms with Crippen molar-refractivity contribution in [1.29, 1.82) is 0 Å². The number of hydrogen-bond acceptors (Lipinski definition) is 2. The highest BCUT2D eigenvalue weighted by Crippen LogP contribution is 2.23. The number of aliphatic hydroxyl groups excluding tert-OH is 1. The molecule has 0 radical (unpaired) electrons. The van der Waals surface area contributed by atoms with Gasteiger partial charge >= 0.3 is 0 Å². The van der Waals surface area contributed by atoms with Crippen LogP contribution in [0.4, 0.5) is 0 Å². The van der Waals surface area contributed by atoms with Gasteiger partial charge in [-0.2, -0.15) is 0 Å². The van der Waals surface area contributed by atoms with E-state index in [2.05, 4.69) is 22.5 Å². The maximum atomic E-state index is 10.2. The number of benzene rings is 1. The number of halogens is 2. The van der Waals surface area contributed by atoms with Gasteiger partial charge in [0.15, 0.2) is 5.96 Å². The SMILES string of the molecule is CCCCNC(=NCC(O)c1cc(Cl)cc(Cl)c1)NCC. The first-order chi connectivity index (χ1) is 10.1. The Hall–Kier alpha value is -0.970. The summed E-state index contributed by atoms with van der Waals surface area (Å²) in [7, 11) is 0. The van der Waals surface area contributed by atoms with Gasteiger partial charge in [0.25, 0.3) is 0 Å². The molecule has 0 saturated carbocycles. The summed E-state index contributed by atoms with van der Waals surface area (Å²) < 4.78 is 0. The van der Waals surface area contributed by atoms with Crippen LogP contribution in [-0.2, 0) is 0 Å². The number of nitrogens with one attached hydrogen (secondary N) is 2. The van der Waals surface area contributed by atoms with E-state index in [4.69, 9.17) is 23.2 Å². The number of aliphatic imine (C=N–C) groups is 1. The van der Waals surface area contributed by atoms with Crippen LogP contribution in [0.1, 0.15) is 38.4 Å². The zero-order valence-corrected chi connectivity index (χ0v) is 14.0. The van der Waals surface area contributed by atoms with Gasteiger partial charge in [-0.3, -0.25) is 4.99 Å². The first-order valence-electron chi connectivity index (χ1n) is 7.23. The van der Waals surface area contributed by atoms with Crippen LogP contribution in [0.5, 0.6) is 0 Å². The molecule has 21 heavy (non-hydrogen) atoms. The molecular weight excluding hydrogens is 309 g/mol. The van der Waals surface area contributed by atoms with E-state index in [1.165, 1.54) is 0 Å². The highest BCUT2D eigenvalue weighted by Gasteiger charge is 2.09. The summed E-state index contributed by atoms with van der Waals surface area (Å²) in [5, 5.41) is 17.6.